The van der Waals surface area contributed by atoms with Crippen molar-refractivity contribution in [1.29, 1.82) is 5.26 Å². The van der Waals surface area contributed by atoms with Crippen molar-refractivity contribution in [2.75, 3.05) is 26.7 Å². The van der Waals surface area contributed by atoms with Crippen LogP contribution in [0, 0.1) is 17.2 Å². The monoisotopic (exact) mass is 429 g/mol. The van der Waals surface area contributed by atoms with Crippen LogP contribution in [0.1, 0.15) is 31.9 Å². The third kappa shape index (κ3) is 6.26. The number of carbonyl (C=O) groups is 3. The first-order valence-corrected chi connectivity index (χ1v) is 10.4. The molecule has 9 heteroatoms. The van der Waals surface area contributed by atoms with Gasteiger partial charge in [0.25, 0.3) is 0 Å². The fourth-order valence-electron chi connectivity index (χ4n) is 3.50. The van der Waals surface area contributed by atoms with Crippen LogP contribution in [0.15, 0.2) is 24.3 Å². The molecule has 9 nitrogen and oxygen atoms in total. The topological polar surface area (TPSA) is 126 Å². The van der Waals surface area contributed by atoms with Crippen molar-refractivity contribution in [3.63, 3.8) is 0 Å². The summed E-state index contributed by atoms with van der Waals surface area (Å²) in [6.45, 7) is 6.83. The van der Waals surface area contributed by atoms with E-state index in [0.29, 0.717) is 18.7 Å². The third-order valence-electron chi connectivity index (χ3n) is 5.58. The SMILES string of the molecule is CN[C@@H](C)C(=O)N[C@H](C(=O)N1CCN(Cc2ccc(C#N)cc2)C[C@H]1C(=O)O)C(C)C. The van der Waals surface area contributed by atoms with Crippen molar-refractivity contribution >= 4 is 17.8 Å². The van der Waals surface area contributed by atoms with Gasteiger partial charge in [-0.05, 0) is 37.6 Å². The first-order valence-electron chi connectivity index (χ1n) is 10.4. The molecule has 0 spiro atoms. The van der Waals surface area contributed by atoms with Crippen LogP contribution in [-0.2, 0) is 20.9 Å². The van der Waals surface area contributed by atoms with Gasteiger partial charge in [-0.1, -0.05) is 26.0 Å². The summed E-state index contributed by atoms with van der Waals surface area (Å²) in [6.07, 6.45) is 0. The molecule has 0 radical (unpaired) electrons. The van der Waals surface area contributed by atoms with Gasteiger partial charge in [0.2, 0.25) is 11.8 Å². The van der Waals surface area contributed by atoms with Crippen LogP contribution in [0.3, 0.4) is 0 Å². The van der Waals surface area contributed by atoms with Gasteiger partial charge in [0.05, 0.1) is 17.7 Å². The van der Waals surface area contributed by atoms with Crippen molar-refractivity contribution < 1.29 is 19.5 Å². The fourth-order valence-corrected chi connectivity index (χ4v) is 3.50. The minimum absolute atomic E-state index is 0.187. The first kappa shape index (κ1) is 24.3. The largest absolute Gasteiger partial charge is 0.480 e. The smallest absolute Gasteiger partial charge is 0.327 e. The van der Waals surface area contributed by atoms with Crippen molar-refractivity contribution in [3.8, 4) is 6.07 Å². The average molecular weight is 430 g/mol. The number of nitrogens with one attached hydrogen (secondary N) is 2. The second kappa shape index (κ2) is 10.9. The summed E-state index contributed by atoms with van der Waals surface area (Å²) >= 11 is 0. The van der Waals surface area contributed by atoms with Gasteiger partial charge in [0.1, 0.15) is 12.1 Å². The molecule has 0 saturated carbocycles. The Hall–Kier alpha value is -2.96. The maximum Gasteiger partial charge on any atom is 0.327 e. The minimum atomic E-state index is -1.07. The number of aliphatic carboxylic acids is 1. The molecule has 0 unspecified atom stereocenters. The number of amides is 2. The van der Waals surface area contributed by atoms with Gasteiger partial charge in [-0.3, -0.25) is 14.5 Å². The van der Waals surface area contributed by atoms with Crippen molar-refractivity contribution in [1.82, 2.24) is 20.4 Å². The normalized spacial score (nSPS) is 18.8. The molecule has 0 aliphatic carbocycles. The number of hydrogen-bond acceptors (Lipinski definition) is 6. The Morgan fingerprint density at radius 1 is 1.19 bits per heavy atom. The van der Waals surface area contributed by atoms with Gasteiger partial charge >= 0.3 is 5.97 Å². The molecule has 2 rings (SSSR count). The Kier molecular flexibility index (Phi) is 8.54. The predicted octanol–water partition coefficient (Wildman–Crippen LogP) is 0.404. The van der Waals surface area contributed by atoms with Gasteiger partial charge in [0, 0.05) is 26.2 Å². The zero-order valence-corrected chi connectivity index (χ0v) is 18.5. The van der Waals surface area contributed by atoms with E-state index in [4.69, 9.17) is 5.26 Å². The number of hydrogen-bond donors (Lipinski definition) is 3. The second-order valence-electron chi connectivity index (χ2n) is 8.17. The van der Waals surface area contributed by atoms with E-state index in [9.17, 15) is 19.5 Å². The predicted molar refractivity (Wildman–Crippen MR) is 115 cm³/mol. The Bertz CT molecular complexity index is 833. The maximum atomic E-state index is 13.2. The van der Waals surface area contributed by atoms with E-state index >= 15 is 0 Å². The molecule has 3 N–H and O–H groups in total. The molecule has 168 valence electrons. The summed E-state index contributed by atoms with van der Waals surface area (Å²) in [5, 5.41) is 24.3. The van der Waals surface area contributed by atoms with Crippen LogP contribution < -0.4 is 10.6 Å². The quantitative estimate of drug-likeness (QED) is 0.546. The third-order valence-corrected chi connectivity index (χ3v) is 5.58. The van der Waals surface area contributed by atoms with Gasteiger partial charge in [-0.2, -0.15) is 5.26 Å². The van der Waals surface area contributed by atoms with E-state index in [1.807, 2.05) is 30.9 Å². The highest BCUT2D eigenvalue weighted by atomic mass is 16.4. The number of rotatable bonds is 8. The molecule has 1 fully saturated rings. The number of carboxylic acids is 1. The molecule has 3 atom stereocenters. The summed E-state index contributed by atoms with van der Waals surface area (Å²) in [5.74, 6) is -1.94. The Labute approximate surface area is 183 Å². The van der Waals surface area contributed by atoms with E-state index in [-0.39, 0.29) is 30.8 Å². The molecular weight excluding hydrogens is 398 g/mol. The number of carboxylic acid groups (broad SMARTS) is 1. The van der Waals surface area contributed by atoms with Crippen molar-refractivity contribution in [2.24, 2.45) is 5.92 Å². The number of piperazine rings is 1. The van der Waals surface area contributed by atoms with E-state index in [0.717, 1.165) is 5.56 Å². The minimum Gasteiger partial charge on any atom is -0.480 e. The number of nitrogens with zero attached hydrogens (tertiary/aromatic N) is 3. The molecule has 1 saturated heterocycles. The van der Waals surface area contributed by atoms with Crippen molar-refractivity contribution in [3.05, 3.63) is 35.4 Å². The maximum absolute atomic E-state index is 13.2. The van der Waals surface area contributed by atoms with Crippen LogP contribution in [0.25, 0.3) is 0 Å². The summed E-state index contributed by atoms with van der Waals surface area (Å²) in [7, 11) is 1.66. The zero-order valence-electron chi connectivity index (χ0n) is 18.5. The van der Waals surface area contributed by atoms with Crippen LogP contribution in [-0.4, -0.2) is 77.5 Å². The first-order chi connectivity index (χ1) is 14.7. The highest BCUT2D eigenvalue weighted by Gasteiger charge is 2.39. The lowest BCUT2D eigenvalue weighted by Crippen LogP contribution is -2.63. The van der Waals surface area contributed by atoms with E-state index in [1.165, 1.54) is 4.90 Å². The Balaban J connectivity index is 2.11. The number of benzene rings is 1. The van der Waals surface area contributed by atoms with Crippen LogP contribution >= 0.6 is 0 Å². The summed E-state index contributed by atoms with van der Waals surface area (Å²) in [6, 6.07) is 6.96. The standard InChI is InChI=1S/C22H31N5O4/c1-14(2)19(25-20(28)15(3)24-4)21(29)27-10-9-26(13-18(27)22(30)31)12-17-7-5-16(11-23)6-8-17/h5-8,14-15,18-19,24H,9-10,12-13H2,1-4H3,(H,25,28)(H,30,31)/t15-,18-,19-/m0/s1. The molecule has 1 aliphatic heterocycles. The molecule has 1 heterocycles. The van der Waals surface area contributed by atoms with Crippen LogP contribution in [0.4, 0.5) is 0 Å². The molecule has 0 bridgehead atoms. The van der Waals surface area contributed by atoms with Gasteiger partial charge in [-0.15, -0.1) is 0 Å². The van der Waals surface area contributed by atoms with Crippen LogP contribution in [0.5, 0.6) is 0 Å². The summed E-state index contributed by atoms with van der Waals surface area (Å²) < 4.78 is 0. The van der Waals surface area contributed by atoms with E-state index in [2.05, 4.69) is 16.7 Å². The zero-order chi connectivity index (χ0) is 23.1. The molecular formula is C22H31N5O4. The number of likely N-dealkylation sites (N-methyl/N-ethyl adjacent to an activating group) is 1. The Morgan fingerprint density at radius 2 is 1.84 bits per heavy atom. The van der Waals surface area contributed by atoms with E-state index in [1.54, 1.807) is 26.1 Å². The Morgan fingerprint density at radius 3 is 2.35 bits per heavy atom. The lowest BCUT2D eigenvalue weighted by atomic mass is 10.00. The molecule has 1 aromatic carbocycles. The van der Waals surface area contributed by atoms with Gasteiger partial charge < -0.3 is 20.6 Å². The summed E-state index contributed by atoms with van der Waals surface area (Å²) in [5.41, 5.74) is 1.54. The molecule has 2 amide bonds. The highest BCUT2D eigenvalue weighted by molar-refractivity contribution is 5.92. The number of carbonyl (C=O) groups excluding carboxylic acids is 2. The lowest BCUT2D eigenvalue weighted by Gasteiger charge is -2.41. The molecule has 31 heavy (non-hydrogen) atoms. The molecule has 0 aromatic heterocycles. The van der Waals surface area contributed by atoms with Gasteiger partial charge in [0.15, 0.2) is 0 Å². The summed E-state index contributed by atoms with van der Waals surface area (Å²) in [4.78, 5) is 40.8. The van der Waals surface area contributed by atoms with Gasteiger partial charge in [-0.25, -0.2) is 4.79 Å². The molecule has 1 aromatic rings. The van der Waals surface area contributed by atoms with Crippen molar-refractivity contribution in [2.45, 2.75) is 45.4 Å². The fraction of sp³-hybridized carbons (Fsp3) is 0.545. The highest BCUT2D eigenvalue weighted by Crippen LogP contribution is 2.17. The lowest BCUT2D eigenvalue weighted by molar-refractivity contribution is -0.155. The van der Waals surface area contributed by atoms with E-state index < -0.39 is 24.1 Å². The number of nitriles is 1. The van der Waals surface area contributed by atoms with Crippen LogP contribution in [0.2, 0.25) is 0 Å². The molecule has 1 aliphatic rings. The average Bonchev–Trinajstić information content (AvgIpc) is 2.76. The second-order valence-corrected chi connectivity index (χ2v) is 8.17.